The highest BCUT2D eigenvalue weighted by molar-refractivity contribution is 6.05. The molecule has 1 saturated heterocycles. The molecule has 0 radical (unpaired) electrons. The molecule has 0 atom stereocenters. The van der Waals surface area contributed by atoms with Crippen LogP contribution in [-0.4, -0.2) is 35.0 Å². The number of aromatic nitrogens is 2. The molecule has 0 unspecified atom stereocenters. The van der Waals surface area contributed by atoms with Gasteiger partial charge in [0.25, 0.3) is 11.8 Å². The zero-order chi connectivity index (χ0) is 27.2. The Kier molecular flexibility index (Phi) is 7.64. The Labute approximate surface area is 226 Å². The minimum Gasteiger partial charge on any atom is -0.371 e. The zero-order valence-electron chi connectivity index (χ0n) is 21.6. The lowest BCUT2D eigenvalue weighted by atomic mass is 10.0. The number of aryl methyl sites for hydroxylation is 1. The van der Waals surface area contributed by atoms with E-state index < -0.39 is 5.91 Å². The number of nitrogens with one attached hydrogen (secondary N) is 2. The van der Waals surface area contributed by atoms with Crippen molar-refractivity contribution in [2.45, 2.75) is 32.7 Å². The number of nitriles is 1. The van der Waals surface area contributed by atoms with Crippen LogP contribution in [0.25, 0.3) is 11.3 Å². The fourth-order valence-corrected chi connectivity index (χ4v) is 4.59. The first-order valence-corrected chi connectivity index (χ1v) is 12.9. The summed E-state index contributed by atoms with van der Waals surface area (Å²) in [5.74, 6) is -0.633. The molecule has 3 heterocycles. The summed E-state index contributed by atoms with van der Waals surface area (Å²) in [7, 11) is 0. The summed E-state index contributed by atoms with van der Waals surface area (Å²) >= 11 is 0. The molecule has 9 heteroatoms. The van der Waals surface area contributed by atoms with Gasteiger partial charge >= 0.3 is 0 Å². The first-order valence-electron chi connectivity index (χ1n) is 12.9. The molecule has 0 spiro atoms. The van der Waals surface area contributed by atoms with Crippen molar-refractivity contribution in [1.29, 1.82) is 5.26 Å². The monoisotopic (exact) mass is 520 g/mol. The van der Waals surface area contributed by atoms with Crippen LogP contribution in [0.1, 0.15) is 57.0 Å². The Bertz CT molecular complexity index is 1530. The van der Waals surface area contributed by atoms with Gasteiger partial charge in [-0.2, -0.15) is 5.26 Å². The molecular formula is C30H28N6O3. The standard InChI is InChI=1S/C30H28N6O3/c1-20-8-9-23(34-29(37)22-13-21(18-31)14-25(15-22)36-11-5-2-6-12-36)16-26(20)27-17-28(39-35-27)30(38)33-19-24-7-3-4-10-32-24/h3-4,7-10,13-17H,2,5-6,11-12,19H2,1H3,(H,33,38)(H,34,37). The number of benzene rings is 2. The SMILES string of the molecule is Cc1ccc(NC(=O)c2cc(C#N)cc(N3CCCCC3)c2)cc1-c1cc(C(=O)NCc2ccccn2)on1. The highest BCUT2D eigenvalue weighted by Crippen LogP contribution is 2.28. The Morgan fingerprint density at radius 3 is 2.64 bits per heavy atom. The van der Waals surface area contributed by atoms with E-state index in [1.807, 2.05) is 43.3 Å². The molecule has 0 saturated carbocycles. The van der Waals surface area contributed by atoms with Gasteiger partial charge in [0, 0.05) is 47.9 Å². The molecule has 2 N–H and O–H groups in total. The van der Waals surface area contributed by atoms with E-state index in [0.29, 0.717) is 22.5 Å². The average Bonchev–Trinajstić information content (AvgIpc) is 3.48. The van der Waals surface area contributed by atoms with E-state index in [2.05, 4.69) is 31.7 Å². The third kappa shape index (κ3) is 6.13. The largest absolute Gasteiger partial charge is 0.371 e. The Morgan fingerprint density at radius 2 is 1.87 bits per heavy atom. The van der Waals surface area contributed by atoms with Crippen LogP contribution in [0.15, 0.2) is 71.4 Å². The van der Waals surface area contributed by atoms with Crippen LogP contribution >= 0.6 is 0 Å². The van der Waals surface area contributed by atoms with Crippen molar-refractivity contribution in [1.82, 2.24) is 15.5 Å². The molecule has 1 aliphatic rings. The molecule has 2 amide bonds. The number of pyridine rings is 1. The third-order valence-electron chi connectivity index (χ3n) is 6.69. The second-order valence-electron chi connectivity index (χ2n) is 9.49. The van der Waals surface area contributed by atoms with E-state index in [1.54, 1.807) is 30.5 Å². The van der Waals surface area contributed by atoms with Crippen molar-refractivity contribution in [3.05, 3.63) is 95.0 Å². The van der Waals surface area contributed by atoms with Crippen LogP contribution in [0.2, 0.25) is 0 Å². The summed E-state index contributed by atoms with van der Waals surface area (Å²) in [5.41, 5.74) is 5.15. The lowest BCUT2D eigenvalue weighted by molar-refractivity contribution is 0.0913. The Balaban J connectivity index is 1.31. The van der Waals surface area contributed by atoms with Crippen LogP contribution in [0.3, 0.4) is 0 Å². The van der Waals surface area contributed by atoms with E-state index in [0.717, 1.165) is 48.4 Å². The quantitative estimate of drug-likeness (QED) is 0.348. The van der Waals surface area contributed by atoms with Gasteiger partial charge in [0.15, 0.2) is 0 Å². The van der Waals surface area contributed by atoms with Gasteiger partial charge in [-0.05, 0) is 74.2 Å². The second-order valence-corrected chi connectivity index (χ2v) is 9.49. The summed E-state index contributed by atoms with van der Waals surface area (Å²) in [5, 5.41) is 19.3. The van der Waals surface area contributed by atoms with Gasteiger partial charge in [0.2, 0.25) is 5.76 Å². The number of rotatable bonds is 7. The van der Waals surface area contributed by atoms with Gasteiger partial charge in [-0.15, -0.1) is 0 Å². The van der Waals surface area contributed by atoms with Crippen molar-refractivity contribution in [2.24, 2.45) is 0 Å². The van der Waals surface area contributed by atoms with Crippen molar-refractivity contribution in [3.8, 4) is 17.3 Å². The van der Waals surface area contributed by atoms with Crippen molar-refractivity contribution >= 4 is 23.2 Å². The normalized spacial score (nSPS) is 13.0. The molecule has 4 aromatic rings. The maximum atomic E-state index is 13.2. The molecule has 9 nitrogen and oxygen atoms in total. The predicted molar refractivity (Wildman–Crippen MR) is 147 cm³/mol. The lowest BCUT2D eigenvalue weighted by Crippen LogP contribution is -2.29. The molecular weight excluding hydrogens is 492 g/mol. The zero-order valence-corrected chi connectivity index (χ0v) is 21.6. The minimum absolute atomic E-state index is 0.0772. The predicted octanol–water partition coefficient (Wildman–Crippen LogP) is 5.09. The summed E-state index contributed by atoms with van der Waals surface area (Å²) < 4.78 is 5.31. The number of carbonyl (C=O) groups excluding carboxylic acids is 2. The number of carbonyl (C=O) groups is 2. The molecule has 0 aliphatic carbocycles. The first kappa shape index (κ1) is 25.7. The van der Waals surface area contributed by atoms with Gasteiger partial charge in [-0.1, -0.05) is 17.3 Å². The first-order chi connectivity index (χ1) is 19.0. The molecule has 2 aromatic carbocycles. The summed E-state index contributed by atoms with van der Waals surface area (Å²) in [6.45, 7) is 4.01. The Hall–Kier alpha value is -4.97. The third-order valence-corrected chi connectivity index (χ3v) is 6.69. The number of piperidine rings is 1. The number of nitrogens with zero attached hydrogens (tertiary/aromatic N) is 4. The molecule has 39 heavy (non-hydrogen) atoms. The van der Waals surface area contributed by atoms with Crippen LogP contribution in [0, 0.1) is 18.3 Å². The minimum atomic E-state index is -0.400. The Morgan fingerprint density at radius 1 is 1.03 bits per heavy atom. The van der Waals surface area contributed by atoms with E-state index in [1.165, 1.54) is 6.42 Å². The summed E-state index contributed by atoms with van der Waals surface area (Å²) in [6, 6.07) is 20.0. The maximum absolute atomic E-state index is 13.2. The van der Waals surface area contributed by atoms with Gasteiger partial charge in [0.1, 0.15) is 5.69 Å². The molecule has 1 fully saturated rings. The van der Waals surface area contributed by atoms with Crippen LogP contribution in [-0.2, 0) is 6.54 Å². The van der Waals surface area contributed by atoms with E-state index >= 15 is 0 Å². The van der Waals surface area contributed by atoms with Crippen molar-refractivity contribution in [2.75, 3.05) is 23.3 Å². The van der Waals surface area contributed by atoms with Gasteiger partial charge in [-0.3, -0.25) is 14.6 Å². The molecule has 2 aromatic heterocycles. The average molecular weight is 521 g/mol. The van der Waals surface area contributed by atoms with E-state index in [4.69, 9.17) is 4.52 Å². The highest BCUT2D eigenvalue weighted by Gasteiger charge is 2.18. The van der Waals surface area contributed by atoms with Crippen LogP contribution in [0.4, 0.5) is 11.4 Å². The highest BCUT2D eigenvalue weighted by atomic mass is 16.5. The van der Waals surface area contributed by atoms with Crippen molar-refractivity contribution in [3.63, 3.8) is 0 Å². The molecule has 1 aliphatic heterocycles. The fourth-order valence-electron chi connectivity index (χ4n) is 4.59. The number of amides is 2. The van der Waals surface area contributed by atoms with Crippen molar-refractivity contribution < 1.29 is 14.1 Å². The number of hydrogen-bond acceptors (Lipinski definition) is 7. The fraction of sp³-hybridized carbons (Fsp3) is 0.233. The van der Waals surface area contributed by atoms with Gasteiger partial charge in [-0.25, -0.2) is 0 Å². The maximum Gasteiger partial charge on any atom is 0.290 e. The van der Waals surface area contributed by atoms with E-state index in [-0.39, 0.29) is 18.2 Å². The lowest BCUT2D eigenvalue weighted by Gasteiger charge is -2.29. The molecule has 5 rings (SSSR count). The smallest absolute Gasteiger partial charge is 0.290 e. The van der Waals surface area contributed by atoms with Gasteiger partial charge < -0.3 is 20.1 Å². The van der Waals surface area contributed by atoms with Crippen LogP contribution in [0.5, 0.6) is 0 Å². The summed E-state index contributed by atoms with van der Waals surface area (Å²) in [4.78, 5) is 32.2. The molecule has 0 bridgehead atoms. The summed E-state index contributed by atoms with van der Waals surface area (Å²) in [6.07, 6.45) is 5.05. The topological polar surface area (TPSA) is 124 Å². The number of anilines is 2. The molecule has 196 valence electrons. The second kappa shape index (κ2) is 11.6. The van der Waals surface area contributed by atoms with Gasteiger partial charge in [0.05, 0.1) is 23.9 Å². The number of hydrogen-bond donors (Lipinski definition) is 2. The van der Waals surface area contributed by atoms with Crippen LogP contribution < -0.4 is 15.5 Å². The van der Waals surface area contributed by atoms with E-state index in [9.17, 15) is 14.9 Å².